The van der Waals surface area contributed by atoms with Crippen LogP contribution in [0.5, 0.6) is 0 Å². The van der Waals surface area contributed by atoms with Gasteiger partial charge in [-0.2, -0.15) is 0 Å². The standard InChI is InChI=1S/C25H35N3O3/c1-18(2)14-26-25(31)21-12-8-9-13-22(21)27-24(30)16-28(23(17-29)19(3)4)15-20-10-6-5-7-11-20/h5-13,18-19,23,29H,14-17H2,1-4H3,(H,26,31)(H,27,30). The number of carbonyl (C=O) groups excluding carboxylic acids is 2. The minimum absolute atomic E-state index is 0.0357. The fraction of sp³-hybridized carbons (Fsp3) is 0.440. The molecule has 0 radical (unpaired) electrons. The molecular weight excluding hydrogens is 390 g/mol. The summed E-state index contributed by atoms with van der Waals surface area (Å²) in [6.07, 6.45) is 0. The Balaban J connectivity index is 2.14. The number of nitrogens with one attached hydrogen (secondary N) is 2. The monoisotopic (exact) mass is 425 g/mol. The van der Waals surface area contributed by atoms with Crippen LogP contribution >= 0.6 is 0 Å². The SMILES string of the molecule is CC(C)CNC(=O)c1ccccc1NC(=O)CN(Cc1ccccc1)C(CO)C(C)C. The quantitative estimate of drug-likeness (QED) is 0.514. The Morgan fingerprint density at radius 1 is 0.968 bits per heavy atom. The van der Waals surface area contributed by atoms with Gasteiger partial charge in [0.1, 0.15) is 0 Å². The van der Waals surface area contributed by atoms with E-state index in [1.165, 1.54) is 0 Å². The molecule has 0 aliphatic rings. The average Bonchev–Trinajstić information content (AvgIpc) is 2.73. The van der Waals surface area contributed by atoms with Crippen molar-refractivity contribution in [3.05, 3.63) is 65.7 Å². The lowest BCUT2D eigenvalue weighted by atomic mass is 10.0. The van der Waals surface area contributed by atoms with Gasteiger partial charge < -0.3 is 15.7 Å². The largest absolute Gasteiger partial charge is 0.395 e. The van der Waals surface area contributed by atoms with Gasteiger partial charge in [0.15, 0.2) is 0 Å². The number of hydrogen-bond donors (Lipinski definition) is 3. The van der Waals surface area contributed by atoms with E-state index in [1.54, 1.807) is 24.3 Å². The van der Waals surface area contributed by atoms with Crippen LogP contribution in [-0.4, -0.2) is 47.6 Å². The minimum atomic E-state index is -0.223. The molecule has 3 N–H and O–H groups in total. The van der Waals surface area contributed by atoms with Gasteiger partial charge >= 0.3 is 0 Å². The van der Waals surface area contributed by atoms with E-state index in [2.05, 4.69) is 10.6 Å². The Morgan fingerprint density at radius 3 is 2.23 bits per heavy atom. The number of para-hydroxylation sites is 1. The number of anilines is 1. The molecule has 0 spiro atoms. The summed E-state index contributed by atoms with van der Waals surface area (Å²) in [4.78, 5) is 27.5. The third-order valence-electron chi connectivity index (χ3n) is 5.12. The Morgan fingerprint density at radius 2 is 1.61 bits per heavy atom. The molecule has 0 saturated carbocycles. The Bertz CT molecular complexity index is 837. The van der Waals surface area contributed by atoms with E-state index >= 15 is 0 Å². The predicted octanol–water partition coefficient (Wildman–Crippen LogP) is 3.53. The van der Waals surface area contributed by atoms with Gasteiger partial charge in [0.05, 0.1) is 24.4 Å². The zero-order valence-electron chi connectivity index (χ0n) is 19.0. The van der Waals surface area contributed by atoms with Crippen LogP contribution in [0.2, 0.25) is 0 Å². The number of nitrogens with zero attached hydrogens (tertiary/aromatic N) is 1. The maximum absolute atomic E-state index is 12.9. The summed E-state index contributed by atoms with van der Waals surface area (Å²) in [6.45, 7) is 9.32. The second kappa shape index (κ2) is 12.2. The Hall–Kier alpha value is -2.70. The highest BCUT2D eigenvalue weighted by Gasteiger charge is 2.24. The number of aliphatic hydroxyl groups excluding tert-OH is 1. The van der Waals surface area contributed by atoms with Crippen LogP contribution in [0, 0.1) is 11.8 Å². The molecule has 6 nitrogen and oxygen atoms in total. The number of hydrogen-bond acceptors (Lipinski definition) is 4. The number of carbonyl (C=O) groups is 2. The van der Waals surface area contributed by atoms with E-state index < -0.39 is 0 Å². The van der Waals surface area contributed by atoms with E-state index in [0.29, 0.717) is 30.3 Å². The van der Waals surface area contributed by atoms with Gasteiger partial charge in [-0.15, -0.1) is 0 Å². The van der Waals surface area contributed by atoms with Crippen molar-refractivity contribution < 1.29 is 14.7 Å². The lowest BCUT2D eigenvalue weighted by molar-refractivity contribution is -0.118. The zero-order chi connectivity index (χ0) is 22.8. The van der Waals surface area contributed by atoms with Crippen molar-refractivity contribution in [2.24, 2.45) is 11.8 Å². The summed E-state index contributed by atoms with van der Waals surface area (Å²) in [7, 11) is 0. The molecule has 0 aliphatic heterocycles. The number of aliphatic hydroxyl groups is 1. The molecule has 0 aliphatic carbocycles. The van der Waals surface area contributed by atoms with Crippen molar-refractivity contribution in [2.75, 3.05) is 25.0 Å². The molecule has 6 heteroatoms. The molecule has 31 heavy (non-hydrogen) atoms. The van der Waals surface area contributed by atoms with E-state index in [4.69, 9.17) is 0 Å². The molecule has 2 rings (SSSR count). The lowest BCUT2D eigenvalue weighted by Gasteiger charge is -2.32. The van der Waals surface area contributed by atoms with Crippen molar-refractivity contribution in [3.8, 4) is 0 Å². The third-order valence-corrected chi connectivity index (χ3v) is 5.12. The van der Waals surface area contributed by atoms with Crippen LogP contribution in [0.1, 0.15) is 43.6 Å². The summed E-state index contributed by atoms with van der Waals surface area (Å²) < 4.78 is 0. The van der Waals surface area contributed by atoms with Crippen molar-refractivity contribution in [2.45, 2.75) is 40.3 Å². The Kier molecular flexibility index (Phi) is 9.69. The second-order valence-electron chi connectivity index (χ2n) is 8.58. The predicted molar refractivity (Wildman–Crippen MR) is 125 cm³/mol. The first kappa shape index (κ1) is 24.6. The maximum Gasteiger partial charge on any atom is 0.253 e. The van der Waals surface area contributed by atoms with Crippen LogP contribution in [0.4, 0.5) is 5.69 Å². The summed E-state index contributed by atoms with van der Waals surface area (Å²) in [6, 6.07) is 16.7. The summed E-state index contributed by atoms with van der Waals surface area (Å²) in [5.74, 6) is 0.0830. The highest BCUT2D eigenvalue weighted by Crippen LogP contribution is 2.18. The second-order valence-corrected chi connectivity index (χ2v) is 8.58. The summed E-state index contributed by atoms with van der Waals surface area (Å²) in [5.41, 5.74) is 2.00. The topological polar surface area (TPSA) is 81.7 Å². The van der Waals surface area contributed by atoms with Gasteiger partial charge in [0.2, 0.25) is 5.91 Å². The van der Waals surface area contributed by atoms with Crippen molar-refractivity contribution in [3.63, 3.8) is 0 Å². The number of amides is 2. The molecular formula is C25H35N3O3. The molecule has 2 amide bonds. The highest BCUT2D eigenvalue weighted by molar-refractivity contribution is 6.04. The highest BCUT2D eigenvalue weighted by atomic mass is 16.3. The zero-order valence-corrected chi connectivity index (χ0v) is 19.0. The van der Waals surface area contributed by atoms with E-state index in [9.17, 15) is 14.7 Å². The van der Waals surface area contributed by atoms with Gasteiger partial charge in [-0.05, 0) is 29.5 Å². The average molecular weight is 426 g/mol. The molecule has 2 aromatic carbocycles. The molecule has 1 unspecified atom stereocenters. The first-order chi connectivity index (χ1) is 14.8. The summed E-state index contributed by atoms with van der Waals surface area (Å²) in [5, 5.41) is 15.7. The van der Waals surface area contributed by atoms with Crippen LogP contribution in [-0.2, 0) is 11.3 Å². The Labute approximate surface area is 185 Å². The van der Waals surface area contributed by atoms with Crippen molar-refractivity contribution in [1.82, 2.24) is 10.2 Å². The van der Waals surface area contributed by atoms with Crippen molar-refractivity contribution in [1.29, 1.82) is 0 Å². The van der Waals surface area contributed by atoms with E-state index in [-0.39, 0.29) is 36.9 Å². The number of benzene rings is 2. The minimum Gasteiger partial charge on any atom is -0.395 e. The molecule has 2 aromatic rings. The molecule has 0 heterocycles. The van der Waals surface area contributed by atoms with Crippen molar-refractivity contribution >= 4 is 17.5 Å². The molecule has 1 atom stereocenters. The van der Waals surface area contributed by atoms with E-state index in [0.717, 1.165) is 5.56 Å². The number of rotatable bonds is 11. The maximum atomic E-state index is 12.9. The first-order valence-corrected chi connectivity index (χ1v) is 10.9. The molecule has 168 valence electrons. The fourth-order valence-electron chi connectivity index (χ4n) is 3.41. The lowest BCUT2D eigenvalue weighted by Crippen LogP contribution is -2.45. The van der Waals surface area contributed by atoms with Crippen LogP contribution in [0.25, 0.3) is 0 Å². The molecule has 0 bridgehead atoms. The fourth-order valence-corrected chi connectivity index (χ4v) is 3.41. The molecule has 0 saturated heterocycles. The first-order valence-electron chi connectivity index (χ1n) is 10.9. The van der Waals surface area contributed by atoms with Crippen LogP contribution in [0.15, 0.2) is 54.6 Å². The van der Waals surface area contributed by atoms with Gasteiger partial charge in [0, 0.05) is 19.1 Å². The molecule has 0 fully saturated rings. The van der Waals surface area contributed by atoms with Gasteiger partial charge in [0.25, 0.3) is 5.91 Å². The smallest absolute Gasteiger partial charge is 0.253 e. The van der Waals surface area contributed by atoms with Crippen LogP contribution in [0.3, 0.4) is 0 Å². The third kappa shape index (κ3) is 7.81. The molecule has 0 aromatic heterocycles. The van der Waals surface area contributed by atoms with E-state index in [1.807, 2.05) is 62.9 Å². The van der Waals surface area contributed by atoms with Crippen LogP contribution < -0.4 is 10.6 Å². The van der Waals surface area contributed by atoms with Gasteiger partial charge in [-0.3, -0.25) is 14.5 Å². The summed E-state index contributed by atoms with van der Waals surface area (Å²) >= 11 is 0. The van der Waals surface area contributed by atoms with Gasteiger partial charge in [-0.25, -0.2) is 0 Å². The van der Waals surface area contributed by atoms with Gasteiger partial charge in [-0.1, -0.05) is 70.2 Å². The normalized spacial score (nSPS) is 12.3.